The Morgan fingerprint density at radius 2 is 1.53 bits per heavy atom. The van der Waals surface area contributed by atoms with Gasteiger partial charge in [0, 0.05) is 25.7 Å². The summed E-state index contributed by atoms with van der Waals surface area (Å²) in [7, 11) is 3.55. The van der Waals surface area contributed by atoms with Gasteiger partial charge in [-0.25, -0.2) is 0 Å². The number of likely N-dealkylation sites (N-methyl/N-ethyl adjacent to an activating group) is 2. The highest BCUT2D eigenvalue weighted by Crippen LogP contribution is 2.46. The second kappa shape index (κ2) is 10.2. The number of fused-ring (bicyclic) bond motifs is 2. The van der Waals surface area contributed by atoms with Crippen molar-refractivity contribution in [1.29, 1.82) is 0 Å². The minimum absolute atomic E-state index is 0.158. The molecule has 2 fully saturated rings. The summed E-state index contributed by atoms with van der Waals surface area (Å²) >= 11 is 0. The van der Waals surface area contributed by atoms with Crippen molar-refractivity contribution in [2.75, 3.05) is 33.7 Å². The minimum Gasteiger partial charge on any atom is -0.342 e. The molecule has 7 nitrogen and oxygen atoms in total. The molecule has 0 aliphatic carbocycles. The molecular formula is C29H31N3O4. The van der Waals surface area contributed by atoms with Crippen molar-refractivity contribution in [2.24, 2.45) is 0 Å². The summed E-state index contributed by atoms with van der Waals surface area (Å²) in [4.78, 5) is 30.9. The molecule has 2 bridgehead atoms. The third-order valence-corrected chi connectivity index (χ3v) is 6.89. The number of hydrogen-bond donors (Lipinski definition) is 1. The van der Waals surface area contributed by atoms with Gasteiger partial charge in [0.15, 0.2) is 12.2 Å². The van der Waals surface area contributed by atoms with Crippen LogP contribution < -0.4 is 5.32 Å². The van der Waals surface area contributed by atoms with Crippen molar-refractivity contribution < 1.29 is 19.1 Å². The number of ether oxygens (including phenoxy) is 2. The fourth-order valence-corrected chi connectivity index (χ4v) is 5.03. The van der Waals surface area contributed by atoms with Gasteiger partial charge in [0.05, 0.1) is 12.6 Å². The number of nitrogens with one attached hydrogen (secondary N) is 1. The topological polar surface area (TPSA) is 71.1 Å². The molecule has 0 radical (unpaired) electrons. The van der Waals surface area contributed by atoms with Crippen LogP contribution >= 0.6 is 0 Å². The molecule has 0 aromatic heterocycles. The van der Waals surface area contributed by atoms with Crippen LogP contribution in [0.2, 0.25) is 0 Å². The summed E-state index contributed by atoms with van der Waals surface area (Å²) in [6.45, 7) is 1.29. The molecule has 3 atom stereocenters. The van der Waals surface area contributed by atoms with Gasteiger partial charge >= 0.3 is 0 Å². The molecule has 2 aliphatic heterocycles. The molecule has 2 saturated heterocycles. The molecule has 1 N–H and O–H groups in total. The molecule has 7 heteroatoms. The fourth-order valence-electron chi connectivity index (χ4n) is 5.03. The SMILES string of the molecule is CNCCN(C)C(=O)[C@@H]1O[C@]2(c3ccccc3)CN(C(c3ccccc3)c3ccccc3)C(=O)[C@H]1O2. The van der Waals surface area contributed by atoms with Crippen molar-refractivity contribution in [3.63, 3.8) is 0 Å². The maximum atomic E-state index is 14.0. The summed E-state index contributed by atoms with van der Waals surface area (Å²) in [6, 6.07) is 29.1. The van der Waals surface area contributed by atoms with Crippen LogP contribution in [-0.2, 0) is 24.8 Å². The van der Waals surface area contributed by atoms with Gasteiger partial charge in [-0.1, -0.05) is 91.0 Å². The molecule has 0 saturated carbocycles. The van der Waals surface area contributed by atoms with Crippen LogP contribution in [0.3, 0.4) is 0 Å². The van der Waals surface area contributed by atoms with Crippen molar-refractivity contribution in [2.45, 2.75) is 24.0 Å². The van der Waals surface area contributed by atoms with E-state index in [9.17, 15) is 9.59 Å². The summed E-state index contributed by atoms with van der Waals surface area (Å²) in [5.41, 5.74) is 2.74. The molecule has 3 aromatic carbocycles. The number of hydrogen-bond acceptors (Lipinski definition) is 5. The lowest BCUT2D eigenvalue weighted by molar-refractivity contribution is -0.221. The highest BCUT2D eigenvalue weighted by molar-refractivity contribution is 5.93. The number of nitrogens with zero attached hydrogens (tertiary/aromatic N) is 2. The number of amides is 2. The van der Waals surface area contributed by atoms with E-state index in [1.54, 1.807) is 11.9 Å². The number of carbonyl (C=O) groups excluding carboxylic acids is 2. The van der Waals surface area contributed by atoms with Gasteiger partial charge in [-0.3, -0.25) is 9.59 Å². The average Bonchev–Trinajstić information content (AvgIpc) is 3.27. The largest absolute Gasteiger partial charge is 0.342 e. The van der Waals surface area contributed by atoms with Crippen molar-refractivity contribution in [1.82, 2.24) is 15.1 Å². The molecule has 0 spiro atoms. The van der Waals surface area contributed by atoms with E-state index in [2.05, 4.69) is 5.32 Å². The highest BCUT2D eigenvalue weighted by Gasteiger charge is 2.61. The van der Waals surface area contributed by atoms with Gasteiger partial charge in [0.25, 0.3) is 11.8 Å². The molecular weight excluding hydrogens is 454 g/mol. The summed E-state index contributed by atoms with van der Waals surface area (Å²) in [6.07, 6.45) is -2.07. The first-order valence-electron chi connectivity index (χ1n) is 12.3. The highest BCUT2D eigenvalue weighted by atomic mass is 16.8. The molecule has 2 heterocycles. The Bertz CT molecular complexity index is 1150. The first-order valence-corrected chi connectivity index (χ1v) is 12.3. The van der Waals surface area contributed by atoms with Gasteiger partial charge < -0.3 is 24.6 Å². The van der Waals surface area contributed by atoms with Crippen molar-refractivity contribution in [3.8, 4) is 0 Å². The quantitative estimate of drug-likeness (QED) is 0.531. The lowest BCUT2D eigenvalue weighted by Gasteiger charge is -2.42. The lowest BCUT2D eigenvalue weighted by atomic mass is 9.94. The Balaban J connectivity index is 1.58. The van der Waals surface area contributed by atoms with Crippen LogP contribution in [0.15, 0.2) is 91.0 Å². The van der Waals surface area contributed by atoms with Crippen LogP contribution in [0.1, 0.15) is 22.7 Å². The maximum absolute atomic E-state index is 14.0. The Labute approximate surface area is 211 Å². The molecule has 3 aromatic rings. The van der Waals surface area contributed by atoms with E-state index in [0.29, 0.717) is 13.1 Å². The molecule has 2 aliphatic rings. The average molecular weight is 486 g/mol. The maximum Gasteiger partial charge on any atom is 0.256 e. The predicted molar refractivity (Wildman–Crippen MR) is 136 cm³/mol. The van der Waals surface area contributed by atoms with Crippen LogP contribution in [0.4, 0.5) is 0 Å². The molecule has 0 unspecified atom stereocenters. The van der Waals surface area contributed by atoms with Crippen LogP contribution in [0.25, 0.3) is 0 Å². The Hall–Kier alpha value is -3.52. The Kier molecular flexibility index (Phi) is 6.87. The standard InChI is InChI=1S/C29H31N3O4/c1-30-18-19-31(2)27(33)25-26-28(34)32(20-29(35-25,36-26)23-16-10-5-11-17-23)24(21-12-6-3-7-13-21)22-14-8-4-9-15-22/h3-17,24-26,30H,18-20H2,1-2H3/t25-,26+,29-/m1/s1. The van der Waals surface area contributed by atoms with E-state index in [0.717, 1.165) is 16.7 Å². The van der Waals surface area contributed by atoms with Gasteiger partial charge in [-0.05, 0) is 18.2 Å². The van der Waals surface area contributed by atoms with Crippen LogP contribution in [-0.4, -0.2) is 67.6 Å². The van der Waals surface area contributed by atoms with E-state index < -0.39 is 18.0 Å². The monoisotopic (exact) mass is 485 g/mol. The molecule has 36 heavy (non-hydrogen) atoms. The van der Waals surface area contributed by atoms with Crippen LogP contribution in [0, 0.1) is 0 Å². The number of carbonyl (C=O) groups is 2. The van der Waals surface area contributed by atoms with E-state index >= 15 is 0 Å². The zero-order chi connectivity index (χ0) is 25.1. The van der Waals surface area contributed by atoms with Gasteiger partial charge in [0.1, 0.15) is 0 Å². The summed E-state index contributed by atoms with van der Waals surface area (Å²) in [5.74, 6) is -1.76. The minimum atomic E-state index is -1.24. The zero-order valence-electron chi connectivity index (χ0n) is 20.5. The lowest BCUT2D eigenvalue weighted by Crippen LogP contribution is -2.55. The van der Waals surface area contributed by atoms with E-state index in [1.165, 1.54) is 0 Å². The number of morpholine rings is 1. The number of rotatable bonds is 8. The summed E-state index contributed by atoms with van der Waals surface area (Å²) in [5, 5.41) is 3.05. The van der Waals surface area contributed by atoms with E-state index in [-0.39, 0.29) is 24.4 Å². The van der Waals surface area contributed by atoms with Crippen LogP contribution in [0.5, 0.6) is 0 Å². The second-order valence-corrected chi connectivity index (χ2v) is 9.25. The predicted octanol–water partition coefficient (Wildman–Crippen LogP) is 2.93. The van der Waals surface area contributed by atoms with E-state index in [1.807, 2.05) is 103 Å². The third kappa shape index (κ3) is 4.41. The zero-order valence-corrected chi connectivity index (χ0v) is 20.5. The normalized spacial score (nSPS) is 23.2. The van der Waals surface area contributed by atoms with Gasteiger partial charge in [0.2, 0.25) is 5.79 Å². The van der Waals surface area contributed by atoms with Gasteiger partial charge in [-0.2, -0.15) is 0 Å². The Morgan fingerprint density at radius 1 is 0.972 bits per heavy atom. The van der Waals surface area contributed by atoms with Crippen molar-refractivity contribution in [3.05, 3.63) is 108 Å². The second-order valence-electron chi connectivity index (χ2n) is 9.25. The Morgan fingerprint density at radius 3 is 2.08 bits per heavy atom. The third-order valence-electron chi connectivity index (χ3n) is 6.89. The molecule has 5 rings (SSSR count). The van der Waals surface area contributed by atoms with Crippen molar-refractivity contribution >= 4 is 11.8 Å². The summed E-state index contributed by atoms with van der Waals surface area (Å²) < 4.78 is 12.8. The first kappa shape index (κ1) is 24.2. The smallest absolute Gasteiger partial charge is 0.256 e. The molecule has 2 amide bonds. The van der Waals surface area contributed by atoms with Gasteiger partial charge in [-0.15, -0.1) is 0 Å². The molecule has 186 valence electrons. The number of benzene rings is 3. The van der Waals surface area contributed by atoms with E-state index in [4.69, 9.17) is 9.47 Å². The first-order chi connectivity index (χ1) is 17.5. The fraction of sp³-hybridized carbons (Fsp3) is 0.310.